The van der Waals surface area contributed by atoms with Crippen molar-refractivity contribution in [1.29, 1.82) is 0 Å². The molecular formula is C15H22ClF2N3O3S. The fourth-order valence-corrected chi connectivity index (χ4v) is 3.87. The van der Waals surface area contributed by atoms with E-state index < -0.39 is 21.7 Å². The van der Waals surface area contributed by atoms with Crippen LogP contribution in [0.15, 0.2) is 23.1 Å². The van der Waals surface area contributed by atoms with Gasteiger partial charge in [0.05, 0.1) is 4.90 Å². The van der Waals surface area contributed by atoms with Crippen LogP contribution in [0, 0.1) is 17.6 Å². The molecule has 0 bridgehead atoms. The fourth-order valence-electron chi connectivity index (χ4n) is 2.82. The van der Waals surface area contributed by atoms with Crippen LogP contribution in [0.25, 0.3) is 0 Å². The van der Waals surface area contributed by atoms with Crippen molar-refractivity contribution in [1.82, 2.24) is 9.62 Å². The number of nitrogens with two attached hydrogens (primary N) is 1. The minimum Gasteiger partial charge on any atom is -0.340 e. The Morgan fingerprint density at radius 1 is 1.36 bits per heavy atom. The lowest BCUT2D eigenvalue weighted by Crippen LogP contribution is -2.37. The lowest BCUT2D eigenvalue weighted by Gasteiger charge is -2.21. The highest BCUT2D eigenvalue weighted by Crippen LogP contribution is 2.22. The third kappa shape index (κ3) is 5.34. The quantitative estimate of drug-likeness (QED) is 0.755. The number of benzene rings is 1. The van der Waals surface area contributed by atoms with Gasteiger partial charge in [0.15, 0.2) is 11.6 Å². The number of nitrogens with zero attached hydrogens (tertiary/aromatic N) is 1. The zero-order chi connectivity index (χ0) is 17.9. The Hall–Kier alpha value is -1.29. The first-order valence-corrected chi connectivity index (χ1v) is 9.17. The van der Waals surface area contributed by atoms with Crippen molar-refractivity contribution in [2.24, 2.45) is 11.7 Å². The van der Waals surface area contributed by atoms with Gasteiger partial charge in [-0.2, -0.15) is 0 Å². The molecule has 25 heavy (non-hydrogen) atoms. The summed E-state index contributed by atoms with van der Waals surface area (Å²) in [7, 11) is -4.00. The summed E-state index contributed by atoms with van der Waals surface area (Å²) in [6.07, 6.45) is 0.827. The number of amides is 1. The van der Waals surface area contributed by atoms with Crippen molar-refractivity contribution in [2.45, 2.75) is 30.7 Å². The number of likely N-dealkylation sites (tertiary alicyclic amines) is 1. The summed E-state index contributed by atoms with van der Waals surface area (Å²) in [5.74, 6) is -2.26. The molecule has 2 rings (SSSR count). The second-order valence-corrected chi connectivity index (χ2v) is 7.72. The van der Waals surface area contributed by atoms with Crippen LogP contribution in [0.5, 0.6) is 0 Å². The first-order valence-electron chi connectivity index (χ1n) is 7.69. The number of hydrogen-bond donors (Lipinski definition) is 2. The molecule has 0 radical (unpaired) electrons. The number of carbonyl (C=O) groups is 1. The number of sulfonamides is 1. The average Bonchev–Trinajstić information content (AvgIpc) is 2.90. The van der Waals surface area contributed by atoms with Gasteiger partial charge < -0.3 is 10.6 Å². The number of hydrogen-bond acceptors (Lipinski definition) is 4. The summed E-state index contributed by atoms with van der Waals surface area (Å²) in [4.78, 5) is 13.5. The predicted octanol–water partition coefficient (Wildman–Crippen LogP) is 1.25. The SMILES string of the molecule is CC1CC(CN)CN1C(=O)CCNS(=O)(=O)c1ccc(F)c(F)c1.Cl. The van der Waals surface area contributed by atoms with Crippen LogP contribution in [-0.2, 0) is 14.8 Å². The first kappa shape index (κ1) is 21.8. The van der Waals surface area contributed by atoms with Gasteiger partial charge in [0.25, 0.3) is 0 Å². The van der Waals surface area contributed by atoms with E-state index in [4.69, 9.17) is 5.73 Å². The van der Waals surface area contributed by atoms with Crippen molar-refractivity contribution in [3.63, 3.8) is 0 Å². The molecule has 2 unspecified atom stereocenters. The Morgan fingerprint density at radius 2 is 2.04 bits per heavy atom. The molecule has 1 aliphatic rings. The largest absolute Gasteiger partial charge is 0.340 e. The number of halogens is 3. The van der Waals surface area contributed by atoms with Gasteiger partial charge in [-0.05, 0) is 44.0 Å². The van der Waals surface area contributed by atoms with Gasteiger partial charge in [0.1, 0.15) is 0 Å². The van der Waals surface area contributed by atoms with Gasteiger partial charge in [-0.15, -0.1) is 12.4 Å². The molecule has 1 saturated heterocycles. The monoisotopic (exact) mass is 397 g/mol. The van der Waals surface area contributed by atoms with Crippen LogP contribution in [0.2, 0.25) is 0 Å². The van der Waals surface area contributed by atoms with Crippen LogP contribution >= 0.6 is 12.4 Å². The molecule has 0 aromatic heterocycles. The Labute approximate surface area is 152 Å². The third-order valence-corrected chi connectivity index (χ3v) is 5.61. The van der Waals surface area contributed by atoms with Crippen LogP contribution in [0.4, 0.5) is 8.78 Å². The summed E-state index contributed by atoms with van der Waals surface area (Å²) in [5, 5.41) is 0. The van der Waals surface area contributed by atoms with E-state index in [1.807, 2.05) is 6.92 Å². The van der Waals surface area contributed by atoms with Gasteiger partial charge in [0.2, 0.25) is 15.9 Å². The molecule has 0 aliphatic carbocycles. The molecule has 1 fully saturated rings. The van der Waals surface area contributed by atoms with E-state index in [-0.39, 0.29) is 48.1 Å². The number of rotatable bonds is 6. The maximum absolute atomic E-state index is 13.1. The molecule has 1 aromatic carbocycles. The molecule has 1 amide bonds. The maximum atomic E-state index is 13.1. The summed E-state index contributed by atoms with van der Waals surface area (Å²) >= 11 is 0. The van der Waals surface area contributed by atoms with Crippen LogP contribution in [0.1, 0.15) is 19.8 Å². The zero-order valence-corrected chi connectivity index (χ0v) is 15.4. The summed E-state index contributed by atoms with van der Waals surface area (Å²) in [5.41, 5.74) is 5.62. The molecule has 1 aliphatic heterocycles. The molecule has 0 saturated carbocycles. The van der Waals surface area contributed by atoms with Crippen molar-refractivity contribution in [3.8, 4) is 0 Å². The first-order chi connectivity index (χ1) is 11.2. The van der Waals surface area contributed by atoms with Gasteiger partial charge >= 0.3 is 0 Å². The van der Waals surface area contributed by atoms with Crippen molar-refractivity contribution >= 4 is 28.3 Å². The highest BCUT2D eigenvalue weighted by Gasteiger charge is 2.31. The normalized spacial score (nSPS) is 20.4. The molecule has 1 aromatic rings. The highest BCUT2D eigenvalue weighted by molar-refractivity contribution is 7.89. The van der Waals surface area contributed by atoms with Crippen molar-refractivity contribution in [2.75, 3.05) is 19.6 Å². The van der Waals surface area contributed by atoms with Crippen LogP contribution in [-0.4, -0.2) is 44.9 Å². The summed E-state index contributed by atoms with van der Waals surface area (Å²) in [6.45, 7) is 2.90. The van der Waals surface area contributed by atoms with E-state index in [2.05, 4.69) is 4.72 Å². The van der Waals surface area contributed by atoms with E-state index in [0.717, 1.165) is 18.6 Å². The van der Waals surface area contributed by atoms with E-state index in [1.54, 1.807) is 4.90 Å². The van der Waals surface area contributed by atoms with Crippen molar-refractivity contribution < 1.29 is 22.0 Å². The Morgan fingerprint density at radius 3 is 2.60 bits per heavy atom. The third-order valence-electron chi connectivity index (χ3n) is 4.15. The van der Waals surface area contributed by atoms with Gasteiger partial charge in [-0.3, -0.25) is 4.79 Å². The molecule has 142 valence electrons. The number of nitrogens with one attached hydrogen (secondary N) is 1. The Kier molecular flexibility index (Phi) is 7.73. The van der Waals surface area contributed by atoms with E-state index in [9.17, 15) is 22.0 Å². The Bertz CT molecular complexity index is 718. The van der Waals surface area contributed by atoms with E-state index >= 15 is 0 Å². The fraction of sp³-hybridized carbons (Fsp3) is 0.533. The maximum Gasteiger partial charge on any atom is 0.240 e. The van der Waals surface area contributed by atoms with Gasteiger partial charge in [-0.1, -0.05) is 0 Å². The smallest absolute Gasteiger partial charge is 0.240 e. The molecule has 2 atom stereocenters. The Balaban J connectivity index is 0.00000312. The predicted molar refractivity (Wildman–Crippen MR) is 91.7 cm³/mol. The second kappa shape index (κ2) is 8.88. The van der Waals surface area contributed by atoms with Crippen LogP contribution < -0.4 is 10.5 Å². The minimum absolute atomic E-state index is 0. The molecule has 0 spiro atoms. The zero-order valence-electron chi connectivity index (χ0n) is 13.7. The highest BCUT2D eigenvalue weighted by atomic mass is 35.5. The lowest BCUT2D eigenvalue weighted by molar-refractivity contribution is -0.131. The lowest BCUT2D eigenvalue weighted by atomic mass is 10.1. The van der Waals surface area contributed by atoms with Crippen molar-refractivity contribution in [3.05, 3.63) is 29.8 Å². The average molecular weight is 398 g/mol. The topological polar surface area (TPSA) is 92.5 Å². The summed E-state index contributed by atoms with van der Waals surface area (Å²) < 4.78 is 52.3. The summed E-state index contributed by atoms with van der Waals surface area (Å²) in [6, 6.07) is 2.40. The minimum atomic E-state index is -4.00. The van der Waals surface area contributed by atoms with E-state index in [0.29, 0.717) is 19.2 Å². The molecule has 6 nitrogen and oxygen atoms in total. The van der Waals surface area contributed by atoms with Gasteiger partial charge in [0, 0.05) is 25.6 Å². The van der Waals surface area contributed by atoms with E-state index in [1.165, 1.54) is 0 Å². The van der Waals surface area contributed by atoms with Crippen LogP contribution in [0.3, 0.4) is 0 Å². The second-order valence-electron chi connectivity index (χ2n) is 5.96. The molecular weight excluding hydrogens is 376 g/mol. The van der Waals surface area contributed by atoms with Gasteiger partial charge in [-0.25, -0.2) is 21.9 Å². The number of carbonyl (C=O) groups excluding carboxylic acids is 1. The molecule has 1 heterocycles. The standard InChI is InChI=1S/C15H21F2N3O3S.ClH/c1-10-6-11(8-18)9-20(10)15(21)4-5-19-24(22,23)12-2-3-13(16)14(17)7-12;/h2-3,7,10-11,19H,4-6,8-9,18H2,1H3;1H. The molecule has 3 N–H and O–H groups in total. The molecule has 10 heteroatoms.